The summed E-state index contributed by atoms with van der Waals surface area (Å²) in [5.41, 5.74) is 6.83. The molecule has 1 unspecified atom stereocenters. The molecule has 6 heteroatoms. The van der Waals surface area contributed by atoms with Gasteiger partial charge in [-0.05, 0) is 42.4 Å². The first-order chi connectivity index (χ1) is 11.4. The Morgan fingerprint density at radius 2 is 2.00 bits per heavy atom. The number of rotatable bonds is 6. The number of nitrogens with one attached hydrogen (secondary N) is 1. The summed E-state index contributed by atoms with van der Waals surface area (Å²) in [6.45, 7) is 5.08. The molecule has 0 saturated carbocycles. The van der Waals surface area contributed by atoms with Crippen molar-refractivity contribution >= 4 is 11.8 Å². The molecule has 0 aromatic heterocycles. The molecule has 1 saturated heterocycles. The second-order valence-electron chi connectivity index (χ2n) is 6.81. The summed E-state index contributed by atoms with van der Waals surface area (Å²) in [6.07, 6.45) is 1.75. The zero-order chi connectivity index (χ0) is 17.7. The molecule has 0 bridgehead atoms. The van der Waals surface area contributed by atoms with Crippen LogP contribution in [-0.2, 0) is 16.0 Å². The molecule has 132 valence electrons. The lowest BCUT2D eigenvalue weighted by Crippen LogP contribution is -2.47. The van der Waals surface area contributed by atoms with Crippen LogP contribution < -0.4 is 11.1 Å². The van der Waals surface area contributed by atoms with E-state index in [-0.39, 0.29) is 30.1 Å². The van der Waals surface area contributed by atoms with Crippen LogP contribution in [0.2, 0.25) is 0 Å². The third-order valence-corrected chi connectivity index (χ3v) is 4.51. The Hall–Kier alpha value is -1.95. The minimum absolute atomic E-state index is 0.0114. The lowest BCUT2D eigenvalue weighted by atomic mass is 9.99. The number of amides is 2. The number of likely N-dealkylation sites (tertiary alicyclic amines) is 1. The van der Waals surface area contributed by atoms with Crippen LogP contribution in [-0.4, -0.2) is 42.4 Å². The zero-order valence-corrected chi connectivity index (χ0v) is 14.3. The SMILES string of the molecule is CC(C)[C@H](N)C(=O)NCC(=O)N1CCC(Cc2ccc(F)cc2)C1. The maximum atomic E-state index is 12.9. The molecule has 2 atom stereocenters. The van der Waals surface area contributed by atoms with Crippen molar-refractivity contribution in [1.82, 2.24) is 10.2 Å². The van der Waals surface area contributed by atoms with Crippen molar-refractivity contribution in [3.63, 3.8) is 0 Å². The monoisotopic (exact) mass is 335 g/mol. The van der Waals surface area contributed by atoms with E-state index < -0.39 is 6.04 Å². The van der Waals surface area contributed by atoms with Gasteiger partial charge < -0.3 is 16.0 Å². The van der Waals surface area contributed by atoms with Gasteiger partial charge in [-0.25, -0.2) is 4.39 Å². The minimum atomic E-state index is -0.595. The van der Waals surface area contributed by atoms with Crippen molar-refractivity contribution in [1.29, 1.82) is 0 Å². The van der Waals surface area contributed by atoms with Gasteiger partial charge in [0.05, 0.1) is 12.6 Å². The standard InChI is InChI=1S/C18H26FN3O2/c1-12(2)17(20)18(24)21-10-16(23)22-8-7-14(11-22)9-13-3-5-15(19)6-4-13/h3-6,12,14,17H,7-11,20H2,1-2H3,(H,21,24)/t14?,17-/m0/s1. The Morgan fingerprint density at radius 3 is 2.62 bits per heavy atom. The predicted octanol–water partition coefficient (Wildman–Crippen LogP) is 1.32. The van der Waals surface area contributed by atoms with Crippen molar-refractivity contribution in [3.05, 3.63) is 35.6 Å². The number of hydrogen-bond donors (Lipinski definition) is 2. The van der Waals surface area contributed by atoms with Gasteiger partial charge in [-0.2, -0.15) is 0 Å². The fourth-order valence-corrected chi connectivity index (χ4v) is 2.87. The molecule has 1 aliphatic heterocycles. The van der Waals surface area contributed by atoms with Crippen LogP contribution in [0.25, 0.3) is 0 Å². The highest BCUT2D eigenvalue weighted by molar-refractivity contribution is 5.87. The Morgan fingerprint density at radius 1 is 1.33 bits per heavy atom. The van der Waals surface area contributed by atoms with Crippen molar-refractivity contribution in [3.8, 4) is 0 Å². The summed E-state index contributed by atoms with van der Waals surface area (Å²) >= 11 is 0. The van der Waals surface area contributed by atoms with Crippen molar-refractivity contribution < 1.29 is 14.0 Å². The van der Waals surface area contributed by atoms with Crippen molar-refractivity contribution in [2.24, 2.45) is 17.6 Å². The smallest absolute Gasteiger partial charge is 0.241 e. The largest absolute Gasteiger partial charge is 0.346 e. The second kappa shape index (κ2) is 8.24. The average molecular weight is 335 g/mol. The van der Waals surface area contributed by atoms with Crippen molar-refractivity contribution in [2.75, 3.05) is 19.6 Å². The van der Waals surface area contributed by atoms with Crippen LogP contribution in [0, 0.1) is 17.7 Å². The second-order valence-corrected chi connectivity index (χ2v) is 6.81. The van der Waals surface area contributed by atoms with E-state index in [2.05, 4.69) is 5.32 Å². The summed E-state index contributed by atoms with van der Waals surface area (Å²) in [7, 11) is 0. The first kappa shape index (κ1) is 18.4. The first-order valence-corrected chi connectivity index (χ1v) is 8.42. The number of nitrogens with two attached hydrogens (primary N) is 1. The van der Waals surface area contributed by atoms with Gasteiger partial charge >= 0.3 is 0 Å². The van der Waals surface area contributed by atoms with Gasteiger partial charge in [0.25, 0.3) is 0 Å². The maximum Gasteiger partial charge on any atom is 0.241 e. The molecule has 0 spiro atoms. The Balaban J connectivity index is 1.77. The van der Waals surface area contributed by atoms with Gasteiger partial charge in [-0.15, -0.1) is 0 Å². The summed E-state index contributed by atoms with van der Waals surface area (Å²) in [5.74, 6) is -0.210. The third-order valence-electron chi connectivity index (χ3n) is 4.51. The van der Waals surface area contributed by atoms with E-state index in [4.69, 9.17) is 5.73 Å². The van der Waals surface area contributed by atoms with E-state index in [1.54, 1.807) is 17.0 Å². The molecule has 1 aromatic rings. The molecule has 1 heterocycles. The van der Waals surface area contributed by atoms with Gasteiger partial charge in [-0.1, -0.05) is 26.0 Å². The quantitative estimate of drug-likeness (QED) is 0.823. The van der Waals surface area contributed by atoms with E-state index in [0.29, 0.717) is 19.0 Å². The zero-order valence-electron chi connectivity index (χ0n) is 14.3. The predicted molar refractivity (Wildman–Crippen MR) is 90.6 cm³/mol. The van der Waals surface area contributed by atoms with Crippen LogP contribution in [0.15, 0.2) is 24.3 Å². The number of hydrogen-bond acceptors (Lipinski definition) is 3. The van der Waals surface area contributed by atoms with E-state index in [1.807, 2.05) is 13.8 Å². The highest BCUT2D eigenvalue weighted by Crippen LogP contribution is 2.21. The fraction of sp³-hybridized carbons (Fsp3) is 0.556. The number of carbonyl (C=O) groups is 2. The van der Waals surface area contributed by atoms with Gasteiger partial charge in [0, 0.05) is 13.1 Å². The van der Waals surface area contributed by atoms with Gasteiger partial charge in [0.15, 0.2) is 0 Å². The molecule has 5 nitrogen and oxygen atoms in total. The summed E-state index contributed by atoms with van der Waals surface area (Å²) in [6, 6.07) is 5.89. The normalized spacial score (nSPS) is 18.7. The van der Waals surface area contributed by atoms with E-state index >= 15 is 0 Å². The molecule has 2 rings (SSSR count). The molecule has 2 amide bonds. The highest BCUT2D eigenvalue weighted by atomic mass is 19.1. The van der Waals surface area contributed by atoms with Gasteiger partial charge in [0.1, 0.15) is 5.82 Å². The molecule has 3 N–H and O–H groups in total. The number of carbonyl (C=O) groups excluding carboxylic acids is 2. The van der Waals surface area contributed by atoms with Crippen LogP contribution in [0.5, 0.6) is 0 Å². The first-order valence-electron chi connectivity index (χ1n) is 8.42. The number of halogens is 1. The molecule has 0 radical (unpaired) electrons. The van der Waals surface area contributed by atoms with E-state index in [9.17, 15) is 14.0 Å². The lowest BCUT2D eigenvalue weighted by Gasteiger charge is -2.19. The molecule has 1 aliphatic rings. The molecular weight excluding hydrogens is 309 g/mol. The third kappa shape index (κ3) is 5.03. The van der Waals surface area contributed by atoms with Gasteiger partial charge in [-0.3, -0.25) is 9.59 Å². The van der Waals surface area contributed by atoms with Crippen LogP contribution in [0.1, 0.15) is 25.8 Å². The molecule has 24 heavy (non-hydrogen) atoms. The molecule has 1 aromatic carbocycles. The Labute approximate surface area is 142 Å². The van der Waals surface area contributed by atoms with Gasteiger partial charge in [0.2, 0.25) is 11.8 Å². The molecular formula is C18H26FN3O2. The van der Waals surface area contributed by atoms with E-state index in [0.717, 1.165) is 18.4 Å². The maximum absolute atomic E-state index is 12.9. The highest BCUT2D eigenvalue weighted by Gasteiger charge is 2.27. The topological polar surface area (TPSA) is 75.4 Å². The summed E-state index contributed by atoms with van der Waals surface area (Å²) < 4.78 is 12.9. The molecule has 0 aliphatic carbocycles. The van der Waals surface area contributed by atoms with E-state index in [1.165, 1.54) is 12.1 Å². The van der Waals surface area contributed by atoms with Crippen LogP contribution in [0.4, 0.5) is 4.39 Å². The lowest BCUT2D eigenvalue weighted by molar-refractivity contribution is -0.132. The van der Waals surface area contributed by atoms with Crippen LogP contribution >= 0.6 is 0 Å². The summed E-state index contributed by atoms with van der Waals surface area (Å²) in [5, 5.41) is 2.61. The van der Waals surface area contributed by atoms with Crippen molar-refractivity contribution in [2.45, 2.75) is 32.7 Å². The number of nitrogens with zero attached hydrogens (tertiary/aromatic N) is 1. The number of benzene rings is 1. The summed E-state index contributed by atoms with van der Waals surface area (Å²) in [4.78, 5) is 25.8. The van der Waals surface area contributed by atoms with Crippen LogP contribution in [0.3, 0.4) is 0 Å². The molecule has 1 fully saturated rings. The fourth-order valence-electron chi connectivity index (χ4n) is 2.87. The Kier molecular flexibility index (Phi) is 6.31. The Bertz CT molecular complexity index is 574. The minimum Gasteiger partial charge on any atom is -0.346 e. The average Bonchev–Trinajstić information content (AvgIpc) is 3.02.